The average Bonchev–Trinajstić information content (AvgIpc) is 2.88. The summed E-state index contributed by atoms with van der Waals surface area (Å²) in [7, 11) is 0. The first-order valence-corrected chi connectivity index (χ1v) is 8.90. The van der Waals surface area contributed by atoms with Gasteiger partial charge < -0.3 is 4.74 Å². The molecule has 1 aliphatic carbocycles. The van der Waals surface area contributed by atoms with E-state index in [1.54, 1.807) is 6.07 Å². The van der Waals surface area contributed by atoms with Crippen LogP contribution in [0.25, 0.3) is 6.08 Å². The topological polar surface area (TPSA) is 43.4 Å². The normalized spacial score (nSPS) is 19.6. The molecule has 0 unspecified atom stereocenters. The first kappa shape index (κ1) is 18.1. The number of ketones is 1. The lowest BCUT2D eigenvalue weighted by Gasteiger charge is -2.29. The minimum Gasteiger partial charge on any atom is -0.459 e. The second-order valence-corrected chi connectivity index (χ2v) is 7.76. The van der Waals surface area contributed by atoms with Crippen LogP contribution in [0.1, 0.15) is 48.7 Å². The Kier molecular flexibility index (Phi) is 4.82. The quantitative estimate of drug-likeness (QED) is 0.585. The van der Waals surface area contributed by atoms with Gasteiger partial charge in [-0.25, -0.2) is 0 Å². The van der Waals surface area contributed by atoms with Crippen LogP contribution in [0.3, 0.4) is 0 Å². The summed E-state index contributed by atoms with van der Waals surface area (Å²) < 4.78 is 5.64. The maximum atomic E-state index is 13.2. The van der Waals surface area contributed by atoms with Crippen LogP contribution in [0.15, 0.2) is 60.7 Å². The number of esters is 1. The summed E-state index contributed by atoms with van der Waals surface area (Å²) in [5.74, 6) is -0.580. The molecule has 26 heavy (non-hydrogen) atoms. The minimum atomic E-state index is -1.18. The molecular formula is C23H24O3. The Bertz CT molecular complexity index is 843. The molecule has 3 heteroatoms. The highest BCUT2D eigenvalue weighted by atomic mass is 16.6. The summed E-state index contributed by atoms with van der Waals surface area (Å²) in [5, 5.41) is 0. The number of carbonyl (C=O) groups excluding carboxylic acids is 2. The fourth-order valence-electron chi connectivity index (χ4n) is 3.31. The Morgan fingerprint density at radius 2 is 1.73 bits per heavy atom. The van der Waals surface area contributed by atoms with Gasteiger partial charge in [-0.05, 0) is 44.7 Å². The van der Waals surface area contributed by atoms with Crippen molar-refractivity contribution in [1.82, 2.24) is 0 Å². The van der Waals surface area contributed by atoms with E-state index in [1.165, 1.54) is 0 Å². The molecule has 0 spiro atoms. The standard InChI is InChI=1S/C23H24O3/c1-22(2,3)26-21(25)23(15-9-12-17-10-5-4-6-11-17)16-18-13-7-8-14-19(18)20(23)24/h4-14H,15-16H2,1-3H3/b12-9+/t23-/m1/s1. The highest BCUT2D eigenvalue weighted by molar-refractivity contribution is 6.16. The summed E-state index contributed by atoms with van der Waals surface area (Å²) in [6.07, 6.45) is 4.56. The fraction of sp³-hybridized carbons (Fsp3) is 0.304. The van der Waals surface area contributed by atoms with E-state index in [2.05, 4.69) is 0 Å². The summed E-state index contributed by atoms with van der Waals surface area (Å²) in [4.78, 5) is 26.2. The SMILES string of the molecule is CC(C)(C)OC(=O)[C@]1(C/C=C/c2ccccc2)Cc2ccccc2C1=O. The number of hydrogen-bond acceptors (Lipinski definition) is 3. The zero-order valence-corrected chi connectivity index (χ0v) is 15.5. The Labute approximate surface area is 154 Å². The first-order chi connectivity index (χ1) is 12.3. The molecule has 0 fully saturated rings. The maximum absolute atomic E-state index is 13.2. The summed E-state index contributed by atoms with van der Waals surface area (Å²) in [5.41, 5.74) is 0.766. The van der Waals surface area contributed by atoms with Crippen LogP contribution in [-0.4, -0.2) is 17.4 Å². The largest absolute Gasteiger partial charge is 0.459 e. The lowest BCUT2D eigenvalue weighted by atomic mass is 9.80. The molecule has 0 aromatic heterocycles. The summed E-state index contributed by atoms with van der Waals surface area (Å²) >= 11 is 0. The van der Waals surface area contributed by atoms with E-state index in [1.807, 2.05) is 81.5 Å². The molecule has 0 aliphatic heterocycles. The fourth-order valence-corrected chi connectivity index (χ4v) is 3.31. The van der Waals surface area contributed by atoms with Gasteiger partial charge >= 0.3 is 5.97 Å². The molecule has 0 amide bonds. The van der Waals surface area contributed by atoms with Crippen molar-refractivity contribution in [3.8, 4) is 0 Å². The Balaban J connectivity index is 1.92. The van der Waals surface area contributed by atoms with Crippen molar-refractivity contribution in [1.29, 1.82) is 0 Å². The van der Waals surface area contributed by atoms with Crippen molar-refractivity contribution < 1.29 is 14.3 Å². The predicted molar refractivity (Wildman–Crippen MR) is 103 cm³/mol. The van der Waals surface area contributed by atoms with Gasteiger partial charge in [0, 0.05) is 5.56 Å². The van der Waals surface area contributed by atoms with E-state index in [-0.39, 0.29) is 5.78 Å². The molecule has 0 radical (unpaired) electrons. The lowest BCUT2D eigenvalue weighted by molar-refractivity contribution is -0.164. The molecule has 2 aromatic rings. The zero-order chi connectivity index (χ0) is 18.8. The number of Topliss-reactive ketones (excluding diaryl/α,β-unsaturated/α-hetero) is 1. The molecule has 1 aliphatic rings. The van der Waals surface area contributed by atoms with Gasteiger partial charge in [0.05, 0.1) is 0 Å². The molecule has 0 bridgehead atoms. The van der Waals surface area contributed by atoms with E-state index in [9.17, 15) is 9.59 Å². The van der Waals surface area contributed by atoms with Gasteiger partial charge in [0.15, 0.2) is 5.78 Å². The van der Waals surface area contributed by atoms with Gasteiger partial charge in [-0.2, -0.15) is 0 Å². The average molecular weight is 348 g/mol. The van der Waals surface area contributed by atoms with Crippen molar-refractivity contribution in [3.63, 3.8) is 0 Å². The van der Waals surface area contributed by atoms with Gasteiger partial charge in [-0.15, -0.1) is 0 Å². The number of carbonyl (C=O) groups is 2. The van der Waals surface area contributed by atoms with E-state index in [0.717, 1.165) is 11.1 Å². The van der Waals surface area contributed by atoms with Crippen molar-refractivity contribution in [2.75, 3.05) is 0 Å². The molecule has 1 atom stereocenters. The first-order valence-electron chi connectivity index (χ1n) is 8.90. The smallest absolute Gasteiger partial charge is 0.321 e. The molecule has 0 heterocycles. The highest BCUT2D eigenvalue weighted by Crippen LogP contribution is 2.42. The van der Waals surface area contributed by atoms with Gasteiger partial charge in [-0.3, -0.25) is 9.59 Å². The van der Waals surface area contributed by atoms with Crippen molar-refractivity contribution >= 4 is 17.8 Å². The van der Waals surface area contributed by atoms with Crippen LogP contribution >= 0.6 is 0 Å². The molecular weight excluding hydrogens is 324 g/mol. The van der Waals surface area contributed by atoms with E-state index >= 15 is 0 Å². The number of ether oxygens (including phenoxy) is 1. The molecule has 134 valence electrons. The number of rotatable bonds is 4. The summed E-state index contributed by atoms with van der Waals surface area (Å²) in [6, 6.07) is 17.3. The Morgan fingerprint density at radius 1 is 1.08 bits per heavy atom. The van der Waals surface area contributed by atoms with Crippen molar-refractivity contribution in [2.45, 2.75) is 39.2 Å². The molecule has 0 saturated heterocycles. The van der Waals surface area contributed by atoms with Crippen molar-refractivity contribution in [2.24, 2.45) is 5.41 Å². The van der Waals surface area contributed by atoms with Gasteiger partial charge in [0.2, 0.25) is 0 Å². The lowest BCUT2D eigenvalue weighted by Crippen LogP contribution is -2.42. The molecule has 3 nitrogen and oxygen atoms in total. The monoisotopic (exact) mass is 348 g/mol. The third-order valence-corrected chi connectivity index (χ3v) is 4.55. The number of benzene rings is 2. The third-order valence-electron chi connectivity index (χ3n) is 4.55. The second-order valence-electron chi connectivity index (χ2n) is 7.76. The number of fused-ring (bicyclic) bond motifs is 1. The van der Waals surface area contributed by atoms with Crippen LogP contribution in [0.2, 0.25) is 0 Å². The van der Waals surface area contributed by atoms with Crippen molar-refractivity contribution in [3.05, 3.63) is 77.4 Å². The minimum absolute atomic E-state index is 0.139. The van der Waals surface area contributed by atoms with E-state index < -0.39 is 17.0 Å². The van der Waals surface area contributed by atoms with Gasteiger partial charge in [0.1, 0.15) is 11.0 Å². The van der Waals surface area contributed by atoms with Crippen LogP contribution in [0, 0.1) is 5.41 Å². The Morgan fingerprint density at radius 3 is 2.38 bits per heavy atom. The number of allylic oxidation sites excluding steroid dienone is 1. The Hall–Kier alpha value is -2.68. The predicted octanol–water partition coefficient (Wildman–Crippen LogP) is 4.86. The molecule has 0 N–H and O–H groups in total. The maximum Gasteiger partial charge on any atom is 0.321 e. The zero-order valence-electron chi connectivity index (χ0n) is 15.5. The second kappa shape index (κ2) is 6.91. The number of hydrogen-bond donors (Lipinski definition) is 0. The van der Waals surface area contributed by atoms with E-state index in [0.29, 0.717) is 18.4 Å². The molecule has 2 aromatic carbocycles. The van der Waals surface area contributed by atoms with Gasteiger partial charge in [-0.1, -0.05) is 66.7 Å². The van der Waals surface area contributed by atoms with Crippen LogP contribution in [0.4, 0.5) is 0 Å². The molecule has 0 saturated carbocycles. The highest BCUT2D eigenvalue weighted by Gasteiger charge is 2.52. The van der Waals surface area contributed by atoms with E-state index in [4.69, 9.17) is 4.74 Å². The van der Waals surface area contributed by atoms with Gasteiger partial charge in [0.25, 0.3) is 0 Å². The van der Waals surface area contributed by atoms with Crippen LogP contribution < -0.4 is 0 Å². The summed E-state index contributed by atoms with van der Waals surface area (Å²) in [6.45, 7) is 5.47. The van der Waals surface area contributed by atoms with Crippen LogP contribution in [-0.2, 0) is 16.0 Å². The molecule has 3 rings (SSSR count). The van der Waals surface area contributed by atoms with Crippen LogP contribution in [0.5, 0.6) is 0 Å². The third kappa shape index (κ3) is 3.62.